The van der Waals surface area contributed by atoms with Gasteiger partial charge in [-0.25, -0.2) is 0 Å². The van der Waals surface area contributed by atoms with Gasteiger partial charge >= 0.3 is 5.97 Å². The van der Waals surface area contributed by atoms with Crippen LogP contribution in [0.5, 0.6) is 0 Å². The first-order valence-corrected chi connectivity index (χ1v) is 10.1. The van der Waals surface area contributed by atoms with E-state index in [1.165, 1.54) is 0 Å². The second kappa shape index (κ2) is 9.82. The molecule has 1 N–H and O–H groups in total. The third kappa shape index (κ3) is 7.07. The number of carbonyl (C=O) groups is 3. The molecule has 0 heterocycles. The molecule has 5 nitrogen and oxygen atoms in total. The van der Waals surface area contributed by atoms with E-state index in [2.05, 4.69) is 48.7 Å². The molecule has 0 aromatic heterocycles. The van der Waals surface area contributed by atoms with Crippen LogP contribution in [0.2, 0.25) is 0 Å². The van der Waals surface area contributed by atoms with Gasteiger partial charge in [0.2, 0.25) is 0 Å². The minimum absolute atomic E-state index is 0.0178. The van der Waals surface area contributed by atoms with Gasteiger partial charge in [0.1, 0.15) is 0 Å². The van der Waals surface area contributed by atoms with E-state index in [0.29, 0.717) is 11.3 Å². The Morgan fingerprint density at radius 1 is 1.00 bits per heavy atom. The van der Waals surface area contributed by atoms with Crippen molar-refractivity contribution in [3.63, 3.8) is 0 Å². The molecule has 0 unspecified atom stereocenters. The van der Waals surface area contributed by atoms with Gasteiger partial charge in [0, 0.05) is 21.2 Å². The number of carbonyl (C=O) groups excluding carboxylic acids is 3. The molecule has 0 aliphatic heterocycles. The van der Waals surface area contributed by atoms with Crippen molar-refractivity contribution < 1.29 is 19.1 Å². The van der Waals surface area contributed by atoms with E-state index in [1.807, 2.05) is 30.3 Å². The van der Waals surface area contributed by atoms with Crippen LogP contribution in [0.3, 0.4) is 0 Å². The summed E-state index contributed by atoms with van der Waals surface area (Å²) in [4.78, 5) is 35.9. The van der Waals surface area contributed by atoms with Crippen molar-refractivity contribution >= 4 is 45.9 Å². The van der Waals surface area contributed by atoms with Crippen molar-refractivity contribution in [3.8, 4) is 0 Å². The SMILES string of the molecule is CC(C)(C)c1ccc(C(=O)CCC(=O)OCC(=O)Nc2cccc(I)c2)cc1. The molecule has 0 radical (unpaired) electrons. The molecule has 6 heteroatoms. The van der Waals surface area contributed by atoms with Gasteiger partial charge in [-0.15, -0.1) is 0 Å². The lowest BCUT2D eigenvalue weighted by atomic mass is 9.86. The maximum Gasteiger partial charge on any atom is 0.306 e. The quantitative estimate of drug-likeness (QED) is 0.344. The summed E-state index contributed by atoms with van der Waals surface area (Å²) in [5.41, 5.74) is 2.37. The van der Waals surface area contributed by atoms with Crippen LogP contribution < -0.4 is 5.32 Å². The predicted molar refractivity (Wildman–Crippen MR) is 117 cm³/mol. The topological polar surface area (TPSA) is 72.5 Å². The molecule has 148 valence electrons. The standard InChI is InChI=1S/C22H24INO4/c1-22(2,3)16-9-7-15(8-10-16)19(25)11-12-21(27)28-14-20(26)24-18-6-4-5-17(23)13-18/h4-10,13H,11-12,14H2,1-3H3,(H,24,26). The summed E-state index contributed by atoms with van der Waals surface area (Å²) in [5.74, 6) is -1.11. The molecular formula is C22H24INO4. The lowest BCUT2D eigenvalue weighted by Gasteiger charge is -2.18. The number of ether oxygens (including phenoxy) is 1. The molecular weight excluding hydrogens is 469 g/mol. The van der Waals surface area contributed by atoms with Crippen LogP contribution in [0.1, 0.15) is 49.5 Å². The zero-order chi connectivity index (χ0) is 20.7. The van der Waals surface area contributed by atoms with Gasteiger partial charge in [-0.1, -0.05) is 51.1 Å². The monoisotopic (exact) mass is 493 g/mol. The first-order valence-electron chi connectivity index (χ1n) is 9.00. The summed E-state index contributed by atoms with van der Waals surface area (Å²) in [5, 5.41) is 2.66. The fourth-order valence-electron chi connectivity index (χ4n) is 2.50. The smallest absolute Gasteiger partial charge is 0.306 e. The summed E-state index contributed by atoms with van der Waals surface area (Å²) < 4.78 is 5.94. The van der Waals surface area contributed by atoms with Gasteiger partial charge in [-0.05, 0) is 51.8 Å². The van der Waals surface area contributed by atoms with Gasteiger partial charge in [-0.2, -0.15) is 0 Å². The van der Waals surface area contributed by atoms with Crippen molar-refractivity contribution in [2.75, 3.05) is 11.9 Å². The summed E-state index contributed by atoms with van der Waals surface area (Å²) in [6.07, 6.45) is -0.0113. The van der Waals surface area contributed by atoms with E-state index in [-0.39, 0.29) is 30.6 Å². The van der Waals surface area contributed by atoms with E-state index < -0.39 is 11.9 Å². The number of nitrogens with one attached hydrogen (secondary N) is 1. The fourth-order valence-corrected chi connectivity index (χ4v) is 3.04. The Bertz CT molecular complexity index is 854. The molecule has 2 rings (SSSR count). The van der Waals surface area contributed by atoms with Gasteiger partial charge < -0.3 is 10.1 Å². The van der Waals surface area contributed by atoms with Gasteiger partial charge in [-0.3, -0.25) is 14.4 Å². The molecule has 28 heavy (non-hydrogen) atoms. The third-order valence-corrected chi connectivity index (χ3v) is 4.77. The second-order valence-corrected chi connectivity index (χ2v) is 8.72. The number of benzene rings is 2. The molecule has 2 aromatic carbocycles. The minimum Gasteiger partial charge on any atom is -0.456 e. The van der Waals surface area contributed by atoms with Gasteiger partial charge in [0.05, 0.1) is 6.42 Å². The number of halogens is 1. The lowest BCUT2D eigenvalue weighted by Crippen LogP contribution is -2.21. The largest absolute Gasteiger partial charge is 0.456 e. The fraction of sp³-hybridized carbons (Fsp3) is 0.318. The summed E-state index contributed by atoms with van der Waals surface area (Å²) >= 11 is 2.14. The minimum atomic E-state index is -0.572. The number of anilines is 1. The highest BCUT2D eigenvalue weighted by atomic mass is 127. The molecule has 2 aromatic rings. The van der Waals surface area contributed by atoms with Crippen LogP contribution in [0, 0.1) is 3.57 Å². The Labute approximate surface area is 179 Å². The second-order valence-electron chi connectivity index (χ2n) is 7.47. The van der Waals surface area contributed by atoms with E-state index in [0.717, 1.165) is 9.13 Å². The summed E-state index contributed by atoms with van der Waals surface area (Å²) in [7, 11) is 0. The Hall–Kier alpha value is -2.22. The van der Waals surface area contributed by atoms with Crippen molar-refractivity contribution in [1.29, 1.82) is 0 Å². The Morgan fingerprint density at radius 3 is 2.29 bits per heavy atom. The number of amides is 1. The lowest BCUT2D eigenvalue weighted by molar-refractivity contribution is -0.147. The zero-order valence-electron chi connectivity index (χ0n) is 16.3. The predicted octanol–water partition coefficient (Wildman–Crippen LogP) is 4.73. The molecule has 0 aliphatic carbocycles. The number of hydrogen-bond donors (Lipinski definition) is 1. The highest BCUT2D eigenvalue weighted by Gasteiger charge is 2.15. The van der Waals surface area contributed by atoms with Crippen molar-refractivity contribution in [3.05, 3.63) is 63.2 Å². The molecule has 0 fully saturated rings. The molecule has 1 amide bonds. The molecule has 0 aliphatic rings. The normalized spacial score (nSPS) is 11.0. The van der Waals surface area contributed by atoms with Crippen molar-refractivity contribution in [2.24, 2.45) is 0 Å². The van der Waals surface area contributed by atoms with E-state index in [9.17, 15) is 14.4 Å². The molecule has 0 saturated heterocycles. The van der Waals surface area contributed by atoms with E-state index in [1.54, 1.807) is 18.2 Å². The molecule has 0 saturated carbocycles. The van der Waals surface area contributed by atoms with Gasteiger partial charge in [0.25, 0.3) is 5.91 Å². The summed E-state index contributed by atoms with van der Waals surface area (Å²) in [6, 6.07) is 14.7. The van der Waals surface area contributed by atoms with Crippen LogP contribution in [-0.4, -0.2) is 24.3 Å². The maximum absolute atomic E-state index is 12.2. The van der Waals surface area contributed by atoms with Crippen LogP contribution in [0.15, 0.2) is 48.5 Å². The van der Waals surface area contributed by atoms with Crippen LogP contribution in [0.25, 0.3) is 0 Å². The summed E-state index contributed by atoms with van der Waals surface area (Å²) in [6.45, 7) is 5.94. The Kier molecular flexibility index (Phi) is 7.74. The average Bonchev–Trinajstić information content (AvgIpc) is 2.64. The van der Waals surface area contributed by atoms with Crippen molar-refractivity contribution in [2.45, 2.75) is 39.0 Å². The van der Waals surface area contributed by atoms with Crippen LogP contribution >= 0.6 is 22.6 Å². The number of ketones is 1. The van der Waals surface area contributed by atoms with Crippen molar-refractivity contribution in [1.82, 2.24) is 0 Å². The molecule has 0 bridgehead atoms. The third-order valence-electron chi connectivity index (χ3n) is 4.10. The van der Waals surface area contributed by atoms with Gasteiger partial charge in [0.15, 0.2) is 12.4 Å². The number of hydrogen-bond acceptors (Lipinski definition) is 4. The zero-order valence-corrected chi connectivity index (χ0v) is 18.4. The molecule has 0 spiro atoms. The van der Waals surface area contributed by atoms with Crippen LogP contribution in [0.4, 0.5) is 5.69 Å². The first-order chi connectivity index (χ1) is 13.1. The number of Topliss-reactive ketones (excluding diaryl/α,β-unsaturated/α-hetero) is 1. The van der Waals surface area contributed by atoms with E-state index in [4.69, 9.17) is 4.74 Å². The first kappa shape index (κ1) is 22.1. The average molecular weight is 493 g/mol. The van der Waals surface area contributed by atoms with E-state index >= 15 is 0 Å². The highest BCUT2D eigenvalue weighted by Crippen LogP contribution is 2.22. The Balaban J connectivity index is 1.75. The highest BCUT2D eigenvalue weighted by molar-refractivity contribution is 14.1. The Morgan fingerprint density at radius 2 is 1.68 bits per heavy atom. The number of rotatable bonds is 7. The number of esters is 1. The van der Waals surface area contributed by atoms with Crippen LogP contribution in [-0.2, 0) is 19.7 Å². The molecule has 0 atom stereocenters. The maximum atomic E-state index is 12.2.